The Morgan fingerprint density at radius 2 is 1.88 bits per heavy atom. The fourth-order valence-electron chi connectivity index (χ4n) is 3.65. The third-order valence-corrected chi connectivity index (χ3v) is 7.73. The Hall–Kier alpha value is -1.86. The number of benzene rings is 1. The van der Waals surface area contributed by atoms with E-state index in [0.29, 0.717) is 24.2 Å². The number of sulfonamides is 1. The van der Waals surface area contributed by atoms with Crippen molar-refractivity contribution in [3.05, 3.63) is 52.2 Å². The van der Waals surface area contributed by atoms with Crippen molar-refractivity contribution in [2.45, 2.75) is 25.3 Å². The van der Waals surface area contributed by atoms with Crippen molar-refractivity contribution < 1.29 is 13.2 Å². The van der Waals surface area contributed by atoms with Gasteiger partial charge in [-0.25, -0.2) is 8.42 Å². The topological polar surface area (TPSA) is 57.7 Å². The molecule has 1 unspecified atom stereocenters. The van der Waals surface area contributed by atoms with E-state index in [1.165, 1.54) is 9.18 Å². The lowest BCUT2D eigenvalue weighted by Crippen LogP contribution is -2.30. The summed E-state index contributed by atoms with van der Waals surface area (Å²) in [5.41, 5.74) is 1.26. The quantitative estimate of drug-likeness (QED) is 0.826. The normalized spacial score (nSPS) is 22.5. The van der Waals surface area contributed by atoms with Gasteiger partial charge in [0.15, 0.2) is 0 Å². The Bertz CT molecular complexity index is 860. The van der Waals surface area contributed by atoms with E-state index in [9.17, 15) is 13.2 Å². The lowest BCUT2D eigenvalue weighted by atomic mass is 10.1. The number of rotatable bonds is 3. The highest BCUT2D eigenvalue weighted by Crippen LogP contribution is 2.35. The summed E-state index contributed by atoms with van der Waals surface area (Å²) in [5, 5.41) is 2.04. The van der Waals surface area contributed by atoms with Gasteiger partial charge in [0.2, 0.25) is 10.0 Å². The van der Waals surface area contributed by atoms with E-state index in [2.05, 4.69) is 6.07 Å². The molecular weight excluding hydrogens is 356 g/mol. The van der Waals surface area contributed by atoms with Crippen molar-refractivity contribution in [1.82, 2.24) is 4.90 Å². The van der Waals surface area contributed by atoms with Crippen LogP contribution in [0.5, 0.6) is 0 Å². The summed E-state index contributed by atoms with van der Waals surface area (Å²) in [6.45, 7) is 1.28. The van der Waals surface area contributed by atoms with Crippen molar-refractivity contribution in [1.29, 1.82) is 0 Å². The molecule has 2 aromatic rings. The largest absolute Gasteiger partial charge is 0.331 e. The first-order chi connectivity index (χ1) is 12.1. The minimum absolute atomic E-state index is 0.0201. The van der Waals surface area contributed by atoms with Crippen LogP contribution in [0.15, 0.2) is 41.8 Å². The molecule has 0 aliphatic carbocycles. The van der Waals surface area contributed by atoms with E-state index in [-0.39, 0.29) is 17.7 Å². The van der Waals surface area contributed by atoms with Gasteiger partial charge in [0.25, 0.3) is 5.91 Å². The number of nitrogens with zero attached hydrogens (tertiary/aromatic N) is 2. The van der Waals surface area contributed by atoms with E-state index in [1.807, 2.05) is 16.3 Å². The summed E-state index contributed by atoms with van der Waals surface area (Å²) in [6.07, 6.45) is 2.66. The van der Waals surface area contributed by atoms with Gasteiger partial charge < -0.3 is 4.90 Å². The zero-order chi connectivity index (χ0) is 17.4. The summed E-state index contributed by atoms with van der Waals surface area (Å²) >= 11 is 1.69. The van der Waals surface area contributed by atoms with Crippen molar-refractivity contribution in [3.8, 4) is 0 Å². The van der Waals surface area contributed by atoms with E-state index >= 15 is 0 Å². The molecule has 5 nitrogen and oxygen atoms in total. The van der Waals surface area contributed by atoms with Crippen LogP contribution in [-0.2, 0) is 10.0 Å². The third kappa shape index (κ3) is 3.06. The fourth-order valence-corrected chi connectivity index (χ4v) is 6.09. The van der Waals surface area contributed by atoms with Crippen LogP contribution in [0.1, 0.15) is 40.5 Å². The number of hydrogen-bond acceptors (Lipinski definition) is 4. The number of thiophene rings is 1. The SMILES string of the molecule is O=C(c1ccc(N2CCCS2(=O)=O)cc1)N1CCCC1c1cccs1. The monoisotopic (exact) mass is 376 g/mol. The van der Waals surface area contributed by atoms with E-state index in [1.54, 1.807) is 35.6 Å². The van der Waals surface area contributed by atoms with Crippen LogP contribution in [0.4, 0.5) is 5.69 Å². The Morgan fingerprint density at radius 3 is 2.52 bits per heavy atom. The Labute approximate surface area is 151 Å². The summed E-state index contributed by atoms with van der Waals surface area (Å²) < 4.78 is 25.5. The number of carbonyl (C=O) groups excluding carboxylic acids is 1. The molecule has 0 bridgehead atoms. The molecule has 1 aromatic heterocycles. The predicted octanol–water partition coefficient (Wildman–Crippen LogP) is 3.27. The molecule has 0 radical (unpaired) electrons. The molecule has 2 saturated heterocycles. The van der Waals surface area contributed by atoms with Gasteiger partial charge in [-0.1, -0.05) is 6.07 Å². The van der Waals surface area contributed by atoms with Crippen LogP contribution < -0.4 is 4.31 Å². The lowest BCUT2D eigenvalue weighted by molar-refractivity contribution is 0.0738. The molecule has 2 aliphatic heterocycles. The lowest BCUT2D eigenvalue weighted by Gasteiger charge is -2.24. The Morgan fingerprint density at radius 1 is 1.08 bits per heavy atom. The standard InChI is InChI=1S/C18H20N2O3S2/c21-18(19-10-1-4-16(19)17-5-2-12-24-17)14-6-8-15(9-7-14)20-11-3-13-25(20,22)23/h2,5-9,12,16H,1,3-4,10-11,13H2. The van der Waals surface area contributed by atoms with Crippen LogP contribution in [0, 0.1) is 0 Å². The van der Waals surface area contributed by atoms with Crippen molar-refractivity contribution in [2.24, 2.45) is 0 Å². The molecule has 0 spiro atoms. The minimum atomic E-state index is -3.19. The van der Waals surface area contributed by atoms with Crippen LogP contribution >= 0.6 is 11.3 Å². The average molecular weight is 377 g/mol. The predicted molar refractivity (Wildman–Crippen MR) is 99.5 cm³/mol. The number of amides is 1. The molecular formula is C18H20N2O3S2. The van der Waals surface area contributed by atoms with Gasteiger partial charge in [-0.3, -0.25) is 9.10 Å². The summed E-state index contributed by atoms with van der Waals surface area (Å²) in [6, 6.07) is 11.2. The minimum Gasteiger partial charge on any atom is -0.331 e. The maximum atomic E-state index is 12.9. The highest BCUT2D eigenvalue weighted by atomic mass is 32.2. The zero-order valence-corrected chi connectivity index (χ0v) is 15.4. The molecule has 1 amide bonds. The van der Waals surface area contributed by atoms with Crippen LogP contribution in [0.25, 0.3) is 0 Å². The second-order valence-electron chi connectivity index (χ2n) is 6.46. The molecule has 25 heavy (non-hydrogen) atoms. The van der Waals surface area contributed by atoms with E-state index < -0.39 is 10.0 Å². The summed E-state index contributed by atoms with van der Waals surface area (Å²) in [5.74, 6) is 0.218. The number of anilines is 1. The maximum absolute atomic E-state index is 12.9. The first kappa shape index (κ1) is 16.6. The highest BCUT2D eigenvalue weighted by molar-refractivity contribution is 7.93. The maximum Gasteiger partial charge on any atom is 0.254 e. The smallest absolute Gasteiger partial charge is 0.254 e. The number of likely N-dealkylation sites (tertiary alicyclic amines) is 1. The molecule has 132 valence electrons. The van der Waals surface area contributed by atoms with Gasteiger partial charge in [-0.2, -0.15) is 0 Å². The van der Waals surface area contributed by atoms with Gasteiger partial charge in [0.05, 0.1) is 17.5 Å². The van der Waals surface area contributed by atoms with Crippen molar-refractivity contribution in [2.75, 3.05) is 23.1 Å². The van der Waals surface area contributed by atoms with Gasteiger partial charge in [-0.15, -0.1) is 11.3 Å². The third-order valence-electron chi connectivity index (χ3n) is 4.89. The van der Waals surface area contributed by atoms with Gasteiger partial charge in [0, 0.05) is 23.5 Å². The molecule has 0 saturated carbocycles. The molecule has 2 fully saturated rings. The van der Waals surface area contributed by atoms with Crippen LogP contribution in [-0.4, -0.2) is 38.1 Å². The van der Waals surface area contributed by atoms with Crippen LogP contribution in [0.2, 0.25) is 0 Å². The molecule has 1 atom stereocenters. The Balaban J connectivity index is 1.55. The number of carbonyl (C=O) groups is 1. The molecule has 3 heterocycles. The molecule has 2 aliphatic rings. The zero-order valence-electron chi connectivity index (χ0n) is 13.8. The van der Waals surface area contributed by atoms with Crippen molar-refractivity contribution >= 4 is 33.0 Å². The Kier molecular flexibility index (Phi) is 4.29. The second kappa shape index (κ2) is 6.46. The van der Waals surface area contributed by atoms with Gasteiger partial charge >= 0.3 is 0 Å². The average Bonchev–Trinajstić information content (AvgIpc) is 3.34. The molecule has 4 rings (SSSR count). The second-order valence-corrected chi connectivity index (χ2v) is 9.45. The van der Waals surface area contributed by atoms with Gasteiger partial charge in [0.1, 0.15) is 0 Å². The molecule has 1 aromatic carbocycles. The first-order valence-electron chi connectivity index (χ1n) is 8.51. The van der Waals surface area contributed by atoms with E-state index in [0.717, 1.165) is 19.4 Å². The molecule has 0 N–H and O–H groups in total. The van der Waals surface area contributed by atoms with Crippen LogP contribution in [0.3, 0.4) is 0 Å². The highest BCUT2D eigenvalue weighted by Gasteiger charge is 2.32. The fraction of sp³-hybridized carbons (Fsp3) is 0.389. The first-order valence-corrected chi connectivity index (χ1v) is 11.0. The van der Waals surface area contributed by atoms with Gasteiger partial charge in [-0.05, 0) is 55.0 Å². The molecule has 7 heteroatoms. The van der Waals surface area contributed by atoms with Crippen molar-refractivity contribution in [3.63, 3.8) is 0 Å². The summed E-state index contributed by atoms with van der Waals surface area (Å²) in [7, 11) is -3.19. The van der Waals surface area contributed by atoms with E-state index in [4.69, 9.17) is 0 Å². The summed E-state index contributed by atoms with van der Waals surface area (Å²) in [4.78, 5) is 16.1. The number of hydrogen-bond donors (Lipinski definition) is 0.